The van der Waals surface area contributed by atoms with Crippen molar-refractivity contribution >= 4 is 19.9 Å². The molecule has 1 rings (SSSR count). The molecule has 1 aliphatic rings. The molecule has 0 aromatic carbocycles. The van der Waals surface area contributed by atoms with E-state index in [1.54, 1.807) is 0 Å². The Morgan fingerprint density at radius 1 is 1.05 bits per heavy atom. The minimum absolute atomic E-state index is 0.320. The quantitative estimate of drug-likeness (QED) is 0.635. The summed E-state index contributed by atoms with van der Waals surface area (Å²) in [5, 5.41) is 0. The van der Waals surface area contributed by atoms with Gasteiger partial charge in [-0.3, -0.25) is 0 Å². The lowest BCUT2D eigenvalue weighted by molar-refractivity contribution is 0.251. The molecule has 2 N–H and O–H groups in total. The van der Waals surface area contributed by atoms with E-state index in [0.717, 1.165) is 25.8 Å². The Morgan fingerprint density at radius 3 is 2.29 bits per heavy atom. The summed E-state index contributed by atoms with van der Waals surface area (Å²) in [7, 11) is -6.76. The average Bonchev–Trinajstić information content (AvgIpc) is 2.62. The molecule has 1 saturated heterocycles. The highest BCUT2D eigenvalue weighted by Crippen LogP contribution is 2.10. The molecule has 0 radical (unpaired) electrons. The normalized spacial score (nSPS) is 21.1. The maximum atomic E-state index is 12.2. The minimum atomic E-state index is -3.49. The van der Waals surface area contributed by atoms with Crippen LogP contribution < -0.4 is 5.73 Å². The van der Waals surface area contributed by atoms with Crippen molar-refractivity contribution in [1.82, 2.24) is 9.21 Å². The molecule has 7 nitrogen and oxygen atoms in total. The first-order valence-corrected chi connectivity index (χ1v) is 10.9. The lowest BCUT2D eigenvalue weighted by Crippen LogP contribution is -2.39. The molecule has 0 aromatic heterocycles. The van der Waals surface area contributed by atoms with Gasteiger partial charge in [0.1, 0.15) is 9.84 Å². The molecule has 126 valence electrons. The molecular weight excluding hydrogens is 314 g/mol. The zero-order valence-corrected chi connectivity index (χ0v) is 14.5. The number of sulfone groups is 1. The highest BCUT2D eigenvalue weighted by Gasteiger charge is 2.26. The molecule has 0 amide bonds. The smallest absolute Gasteiger partial charge is 0.215 e. The van der Waals surface area contributed by atoms with Crippen molar-refractivity contribution in [2.45, 2.75) is 13.3 Å². The number of hydrogen-bond donors (Lipinski definition) is 1. The molecular formula is C12H27N3O4S2. The van der Waals surface area contributed by atoms with E-state index < -0.39 is 19.9 Å². The summed E-state index contributed by atoms with van der Waals surface area (Å²) in [5.74, 6) is -0.261. The largest absolute Gasteiger partial charge is 0.330 e. The molecule has 0 spiro atoms. The summed E-state index contributed by atoms with van der Waals surface area (Å²) >= 11 is 0. The van der Waals surface area contributed by atoms with E-state index in [0.29, 0.717) is 32.1 Å². The predicted octanol–water partition coefficient (Wildman–Crippen LogP) is -1.04. The third-order valence-electron chi connectivity index (χ3n) is 3.63. The SMILES string of the molecule is CC(CN)CN1CCCN(S(=O)(=O)CCS(C)(=O)=O)CC1. The van der Waals surface area contributed by atoms with E-state index >= 15 is 0 Å². The molecule has 1 unspecified atom stereocenters. The lowest BCUT2D eigenvalue weighted by atomic mass is 10.1. The molecule has 1 atom stereocenters. The van der Waals surface area contributed by atoms with Crippen LogP contribution in [0.4, 0.5) is 0 Å². The predicted molar refractivity (Wildman–Crippen MR) is 84.3 cm³/mol. The third-order valence-corrected chi connectivity index (χ3v) is 6.70. The Labute approximate surface area is 128 Å². The van der Waals surface area contributed by atoms with Gasteiger partial charge in [-0.15, -0.1) is 0 Å². The van der Waals surface area contributed by atoms with Crippen molar-refractivity contribution in [2.75, 3.05) is 57.0 Å². The maximum Gasteiger partial charge on any atom is 0.215 e. The van der Waals surface area contributed by atoms with Crippen LogP contribution in [0.15, 0.2) is 0 Å². The number of hydrogen-bond acceptors (Lipinski definition) is 6. The Hall–Kier alpha value is -0.220. The van der Waals surface area contributed by atoms with Gasteiger partial charge in [-0.05, 0) is 25.4 Å². The van der Waals surface area contributed by atoms with Gasteiger partial charge in [0.2, 0.25) is 10.0 Å². The van der Waals surface area contributed by atoms with Crippen molar-refractivity contribution in [3.63, 3.8) is 0 Å². The Kier molecular flexibility index (Phi) is 7.05. The summed E-state index contributed by atoms with van der Waals surface area (Å²) in [5.41, 5.74) is 5.62. The minimum Gasteiger partial charge on any atom is -0.330 e. The van der Waals surface area contributed by atoms with Gasteiger partial charge in [0.05, 0.1) is 11.5 Å². The van der Waals surface area contributed by atoms with Crippen LogP contribution in [0.1, 0.15) is 13.3 Å². The molecule has 1 heterocycles. The van der Waals surface area contributed by atoms with Crippen LogP contribution in [-0.4, -0.2) is 83.1 Å². The van der Waals surface area contributed by atoms with Crippen molar-refractivity contribution in [1.29, 1.82) is 0 Å². The second-order valence-electron chi connectivity index (χ2n) is 5.84. The molecule has 0 aromatic rings. The van der Waals surface area contributed by atoms with E-state index in [1.807, 2.05) is 0 Å². The Bertz CT molecular complexity index is 519. The van der Waals surface area contributed by atoms with Crippen molar-refractivity contribution in [3.8, 4) is 0 Å². The third kappa shape index (κ3) is 7.05. The van der Waals surface area contributed by atoms with Gasteiger partial charge in [0.15, 0.2) is 0 Å². The summed E-state index contributed by atoms with van der Waals surface area (Å²) < 4.78 is 48.1. The number of nitrogens with two attached hydrogens (primary N) is 1. The second kappa shape index (κ2) is 7.87. The van der Waals surface area contributed by atoms with Gasteiger partial charge < -0.3 is 10.6 Å². The number of rotatable bonds is 7. The molecule has 0 bridgehead atoms. The van der Waals surface area contributed by atoms with Crippen molar-refractivity contribution < 1.29 is 16.8 Å². The second-order valence-corrected chi connectivity index (χ2v) is 10.2. The van der Waals surface area contributed by atoms with Gasteiger partial charge in [0, 0.05) is 32.4 Å². The van der Waals surface area contributed by atoms with Crippen LogP contribution in [-0.2, 0) is 19.9 Å². The zero-order chi connectivity index (χ0) is 16.1. The van der Waals surface area contributed by atoms with Crippen LogP contribution in [0.5, 0.6) is 0 Å². The molecule has 21 heavy (non-hydrogen) atoms. The molecule has 0 aliphatic carbocycles. The van der Waals surface area contributed by atoms with Gasteiger partial charge in [0.25, 0.3) is 0 Å². The summed E-state index contributed by atoms with van der Waals surface area (Å²) in [6.07, 6.45) is 1.82. The van der Waals surface area contributed by atoms with E-state index in [1.165, 1.54) is 4.31 Å². The van der Waals surface area contributed by atoms with Gasteiger partial charge in [-0.1, -0.05) is 6.92 Å². The Morgan fingerprint density at radius 2 is 1.71 bits per heavy atom. The van der Waals surface area contributed by atoms with E-state index in [9.17, 15) is 16.8 Å². The summed E-state index contributed by atoms with van der Waals surface area (Å²) in [6.45, 7) is 5.96. The monoisotopic (exact) mass is 341 g/mol. The van der Waals surface area contributed by atoms with E-state index in [2.05, 4.69) is 11.8 Å². The molecule has 1 fully saturated rings. The zero-order valence-electron chi connectivity index (χ0n) is 12.9. The van der Waals surface area contributed by atoms with Crippen LogP contribution in [0.25, 0.3) is 0 Å². The van der Waals surface area contributed by atoms with Crippen LogP contribution in [0.2, 0.25) is 0 Å². The van der Waals surface area contributed by atoms with Crippen LogP contribution in [0.3, 0.4) is 0 Å². The first-order valence-electron chi connectivity index (χ1n) is 7.22. The number of sulfonamides is 1. The van der Waals surface area contributed by atoms with Gasteiger partial charge in [-0.2, -0.15) is 0 Å². The van der Waals surface area contributed by atoms with Crippen molar-refractivity contribution in [2.24, 2.45) is 11.7 Å². The van der Waals surface area contributed by atoms with Gasteiger partial charge >= 0.3 is 0 Å². The Balaban J connectivity index is 2.57. The van der Waals surface area contributed by atoms with E-state index in [-0.39, 0.29) is 11.5 Å². The highest BCUT2D eigenvalue weighted by molar-refractivity contribution is 7.93. The van der Waals surface area contributed by atoms with Crippen molar-refractivity contribution in [3.05, 3.63) is 0 Å². The molecule has 9 heteroatoms. The molecule has 1 aliphatic heterocycles. The topological polar surface area (TPSA) is 101 Å². The summed E-state index contributed by atoms with van der Waals surface area (Å²) in [6, 6.07) is 0. The fraction of sp³-hybridized carbons (Fsp3) is 1.00. The fourth-order valence-electron chi connectivity index (χ4n) is 2.31. The highest BCUT2D eigenvalue weighted by atomic mass is 32.2. The first kappa shape index (κ1) is 18.8. The molecule has 0 saturated carbocycles. The first-order chi connectivity index (χ1) is 9.64. The van der Waals surface area contributed by atoms with Gasteiger partial charge in [-0.25, -0.2) is 21.1 Å². The van der Waals surface area contributed by atoms with Crippen LogP contribution in [0, 0.1) is 5.92 Å². The average molecular weight is 341 g/mol. The maximum absolute atomic E-state index is 12.2. The summed E-state index contributed by atoms with van der Waals surface area (Å²) in [4.78, 5) is 2.23. The standard InChI is InChI=1S/C12H27N3O4S2/c1-12(10-13)11-14-4-3-5-15(7-6-14)21(18,19)9-8-20(2,16)17/h12H,3-11,13H2,1-2H3. The fourth-order valence-corrected chi connectivity index (χ4v) is 5.39. The van der Waals surface area contributed by atoms with Crippen LogP contribution >= 0.6 is 0 Å². The number of nitrogens with zero attached hydrogens (tertiary/aromatic N) is 2. The van der Waals surface area contributed by atoms with E-state index in [4.69, 9.17) is 5.73 Å². The lowest BCUT2D eigenvalue weighted by Gasteiger charge is -2.23.